The second-order valence-electron chi connectivity index (χ2n) is 5.63. The third-order valence-corrected chi connectivity index (χ3v) is 2.68. The zero-order valence-corrected chi connectivity index (χ0v) is 12.3. The zero-order valence-electron chi connectivity index (χ0n) is 12.3. The number of amides is 1. The Morgan fingerprint density at radius 2 is 2.11 bits per heavy atom. The molecule has 0 aromatic carbocycles. The molecule has 0 spiro atoms. The minimum atomic E-state index is -0.429. The number of nitrogens with two attached hydrogens (primary N) is 1. The van der Waals surface area contributed by atoms with Gasteiger partial charge in [-0.1, -0.05) is 13.8 Å². The Kier molecular flexibility index (Phi) is 4.89. The smallest absolute Gasteiger partial charge is 0.251 e. The minimum Gasteiger partial charge on any atom is -0.384 e. The van der Waals surface area contributed by atoms with Crippen LogP contribution in [0.5, 0.6) is 0 Å². The summed E-state index contributed by atoms with van der Waals surface area (Å²) in [6.45, 7) is 8.28. The fourth-order valence-corrected chi connectivity index (χ4v) is 1.78. The van der Waals surface area contributed by atoms with Gasteiger partial charge in [-0.3, -0.25) is 4.79 Å². The van der Waals surface area contributed by atoms with E-state index in [1.54, 1.807) is 19.2 Å². The van der Waals surface area contributed by atoms with Crippen LogP contribution in [-0.4, -0.2) is 30.1 Å². The average Bonchev–Trinajstić information content (AvgIpc) is 2.27. The molecule has 0 fully saturated rings. The van der Waals surface area contributed by atoms with Gasteiger partial charge in [0.05, 0.1) is 12.1 Å². The molecule has 0 saturated heterocycles. The van der Waals surface area contributed by atoms with Crippen molar-refractivity contribution in [2.45, 2.75) is 39.2 Å². The van der Waals surface area contributed by atoms with E-state index in [4.69, 9.17) is 10.5 Å². The van der Waals surface area contributed by atoms with E-state index in [9.17, 15) is 4.79 Å². The molecule has 1 aromatic heterocycles. The van der Waals surface area contributed by atoms with Crippen molar-refractivity contribution in [2.75, 3.05) is 19.5 Å². The van der Waals surface area contributed by atoms with Crippen LogP contribution >= 0.6 is 0 Å². The third kappa shape index (κ3) is 4.52. The van der Waals surface area contributed by atoms with Gasteiger partial charge in [0.25, 0.3) is 5.91 Å². The molecule has 0 aliphatic rings. The fourth-order valence-electron chi connectivity index (χ4n) is 1.78. The molecule has 1 amide bonds. The molecule has 3 N–H and O–H groups in total. The normalized spacial score (nSPS) is 11.7. The lowest BCUT2D eigenvalue weighted by molar-refractivity contribution is 0.0820. The van der Waals surface area contributed by atoms with Gasteiger partial charge in [0.1, 0.15) is 5.82 Å². The highest BCUT2D eigenvalue weighted by Crippen LogP contribution is 2.16. The third-order valence-electron chi connectivity index (χ3n) is 2.68. The van der Waals surface area contributed by atoms with Crippen LogP contribution < -0.4 is 11.1 Å². The van der Waals surface area contributed by atoms with Crippen LogP contribution in [-0.2, 0) is 4.74 Å². The molecular weight excluding hydrogens is 242 g/mol. The van der Waals surface area contributed by atoms with Crippen LogP contribution in [0.3, 0.4) is 0 Å². The Hall–Kier alpha value is -1.62. The van der Waals surface area contributed by atoms with Crippen LogP contribution in [0.15, 0.2) is 12.1 Å². The molecule has 0 aliphatic heterocycles. The van der Waals surface area contributed by atoms with Gasteiger partial charge in [-0.15, -0.1) is 0 Å². The Labute approximate surface area is 114 Å². The molecule has 0 saturated carbocycles. The van der Waals surface area contributed by atoms with Crippen molar-refractivity contribution in [2.24, 2.45) is 0 Å². The SMILES string of the molecule is COCC(C)(C)NC(=O)c1cc(N)nc(C(C)C)c1. The molecule has 19 heavy (non-hydrogen) atoms. The lowest BCUT2D eigenvalue weighted by Crippen LogP contribution is -2.46. The summed E-state index contributed by atoms with van der Waals surface area (Å²) < 4.78 is 5.08. The predicted octanol–water partition coefficient (Wildman–Crippen LogP) is 1.94. The van der Waals surface area contributed by atoms with E-state index in [0.29, 0.717) is 18.0 Å². The summed E-state index contributed by atoms with van der Waals surface area (Å²) in [5, 5.41) is 2.92. The summed E-state index contributed by atoms with van der Waals surface area (Å²) in [5.41, 5.74) is 6.66. The van der Waals surface area contributed by atoms with Crippen LogP contribution in [0.1, 0.15) is 49.7 Å². The highest BCUT2D eigenvalue weighted by molar-refractivity contribution is 5.95. The van der Waals surface area contributed by atoms with Crippen molar-refractivity contribution >= 4 is 11.7 Å². The van der Waals surface area contributed by atoms with Crippen molar-refractivity contribution in [1.82, 2.24) is 10.3 Å². The van der Waals surface area contributed by atoms with Crippen LogP contribution in [0.2, 0.25) is 0 Å². The number of hydrogen-bond donors (Lipinski definition) is 2. The highest BCUT2D eigenvalue weighted by atomic mass is 16.5. The van der Waals surface area contributed by atoms with Crippen molar-refractivity contribution < 1.29 is 9.53 Å². The number of nitrogen functional groups attached to an aromatic ring is 1. The number of methoxy groups -OCH3 is 1. The van der Waals surface area contributed by atoms with Crippen LogP contribution in [0.4, 0.5) is 5.82 Å². The van der Waals surface area contributed by atoms with Gasteiger partial charge in [0.15, 0.2) is 0 Å². The molecule has 1 aromatic rings. The number of nitrogens with one attached hydrogen (secondary N) is 1. The molecule has 1 rings (SSSR count). The summed E-state index contributed by atoms with van der Waals surface area (Å²) >= 11 is 0. The molecule has 5 heteroatoms. The summed E-state index contributed by atoms with van der Waals surface area (Å²) in [6.07, 6.45) is 0. The molecule has 0 radical (unpaired) electrons. The van der Waals surface area contributed by atoms with Gasteiger partial charge in [-0.05, 0) is 31.9 Å². The first-order valence-corrected chi connectivity index (χ1v) is 6.34. The minimum absolute atomic E-state index is 0.168. The van der Waals surface area contributed by atoms with E-state index in [-0.39, 0.29) is 11.8 Å². The molecule has 0 bridgehead atoms. The number of aromatic nitrogens is 1. The maximum absolute atomic E-state index is 12.2. The number of nitrogens with zero attached hydrogens (tertiary/aromatic N) is 1. The summed E-state index contributed by atoms with van der Waals surface area (Å²) in [5.74, 6) is 0.418. The highest BCUT2D eigenvalue weighted by Gasteiger charge is 2.21. The molecular formula is C14H23N3O2. The first kappa shape index (κ1) is 15.4. The number of carbonyl (C=O) groups is 1. The predicted molar refractivity (Wildman–Crippen MR) is 76.2 cm³/mol. The first-order chi connectivity index (χ1) is 8.75. The van der Waals surface area contributed by atoms with Gasteiger partial charge in [0, 0.05) is 18.4 Å². The summed E-state index contributed by atoms with van der Waals surface area (Å²) in [7, 11) is 1.61. The number of hydrogen-bond acceptors (Lipinski definition) is 4. The van der Waals surface area contributed by atoms with E-state index in [1.807, 2.05) is 27.7 Å². The molecule has 0 atom stereocenters. The zero-order chi connectivity index (χ0) is 14.6. The van der Waals surface area contributed by atoms with Gasteiger partial charge in [-0.2, -0.15) is 0 Å². The monoisotopic (exact) mass is 265 g/mol. The molecule has 1 heterocycles. The lowest BCUT2D eigenvalue weighted by atomic mass is 10.0. The Balaban J connectivity index is 2.94. The number of ether oxygens (including phenoxy) is 1. The van der Waals surface area contributed by atoms with Gasteiger partial charge in [-0.25, -0.2) is 4.98 Å². The first-order valence-electron chi connectivity index (χ1n) is 6.34. The number of pyridine rings is 1. The topological polar surface area (TPSA) is 77.2 Å². The van der Waals surface area contributed by atoms with Crippen molar-refractivity contribution in [3.05, 3.63) is 23.4 Å². The second-order valence-corrected chi connectivity index (χ2v) is 5.63. The van der Waals surface area contributed by atoms with E-state index in [2.05, 4.69) is 10.3 Å². The van der Waals surface area contributed by atoms with Crippen LogP contribution in [0, 0.1) is 0 Å². The largest absolute Gasteiger partial charge is 0.384 e. The summed E-state index contributed by atoms with van der Waals surface area (Å²) in [6, 6.07) is 3.36. The van der Waals surface area contributed by atoms with Gasteiger partial charge < -0.3 is 15.8 Å². The Morgan fingerprint density at radius 3 is 2.63 bits per heavy atom. The number of carbonyl (C=O) groups excluding carboxylic acids is 1. The fraction of sp³-hybridized carbons (Fsp3) is 0.571. The summed E-state index contributed by atoms with van der Waals surface area (Å²) in [4.78, 5) is 16.4. The quantitative estimate of drug-likeness (QED) is 0.853. The molecule has 0 unspecified atom stereocenters. The van der Waals surface area contributed by atoms with Gasteiger partial charge in [0.2, 0.25) is 0 Å². The molecule has 106 valence electrons. The number of rotatable bonds is 5. The van der Waals surface area contributed by atoms with Crippen molar-refractivity contribution in [3.63, 3.8) is 0 Å². The Bertz CT molecular complexity index is 456. The van der Waals surface area contributed by atoms with E-state index in [0.717, 1.165) is 5.69 Å². The maximum atomic E-state index is 12.2. The van der Waals surface area contributed by atoms with E-state index in [1.165, 1.54) is 0 Å². The van der Waals surface area contributed by atoms with E-state index >= 15 is 0 Å². The van der Waals surface area contributed by atoms with Gasteiger partial charge >= 0.3 is 0 Å². The average molecular weight is 265 g/mol. The van der Waals surface area contributed by atoms with Crippen molar-refractivity contribution in [1.29, 1.82) is 0 Å². The van der Waals surface area contributed by atoms with Crippen molar-refractivity contribution in [3.8, 4) is 0 Å². The van der Waals surface area contributed by atoms with E-state index < -0.39 is 5.54 Å². The second kappa shape index (κ2) is 6.02. The molecule has 0 aliphatic carbocycles. The number of anilines is 1. The van der Waals surface area contributed by atoms with Crippen LogP contribution in [0.25, 0.3) is 0 Å². The standard InChI is InChI=1S/C14H23N3O2/c1-9(2)11-6-10(7-12(15)16-11)13(18)17-14(3,4)8-19-5/h6-7,9H,8H2,1-5H3,(H2,15,16)(H,17,18). The lowest BCUT2D eigenvalue weighted by Gasteiger charge is -2.25. The molecule has 5 nitrogen and oxygen atoms in total. The Morgan fingerprint density at radius 1 is 1.47 bits per heavy atom. The maximum Gasteiger partial charge on any atom is 0.251 e.